The fourth-order valence-electron chi connectivity index (χ4n) is 0.515. The van der Waals surface area contributed by atoms with Gasteiger partial charge in [0.15, 0.2) is 0 Å². The first kappa shape index (κ1) is 14.4. The van der Waals surface area contributed by atoms with Gasteiger partial charge >= 0.3 is 12.4 Å². The summed E-state index contributed by atoms with van der Waals surface area (Å²) in [7, 11) is 0. The SMILES string of the molecule is FC(F)(F)c1n[nH]c(C(F)(F)F)n1.[K]. The van der Waals surface area contributed by atoms with Gasteiger partial charge in [-0.05, 0) is 0 Å². The molecular weight excluding hydrogens is 243 g/mol. The Labute approximate surface area is 116 Å². The van der Waals surface area contributed by atoms with Gasteiger partial charge in [0, 0.05) is 51.4 Å². The second kappa shape index (κ2) is 4.47. The van der Waals surface area contributed by atoms with Crippen LogP contribution in [0.3, 0.4) is 0 Å². The van der Waals surface area contributed by atoms with E-state index in [1.807, 2.05) is 0 Å². The van der Waals surface area contributed by atoms with Crippen LogP contribution in [0.4, 0.5) is 26.3 Å². The fourth-order valence-corrected chi connectivity index (χ4v) is 0.515. The van der Waals surface area contributed by atoms with Crippen molar-refractivity contribution in [3.63, 3.8) is 0 Å². The molecule has 1 aromatic rings. The zero-order valence-electron chi connectivity index (χ0n) is 6.66. The molecule has 1 aromatic heterocycles. The summed E-state index contributed by atoms with van der Waals surface area (Å²) in [5.41, 5.74) is 0. The van der Waals surface area contributed by atoms with Crippen LogP contribution in [0, 0.1) is 0 Å². The quantitative estimate of drug-likeness (QED) is 0.554. The fraction of sp³-hybridized carbons (Fsp3) is 0.500. The first-order valence-corrected chi connectivity index (χ1v) is 2.78. The van der Waals surface area contributed by atoms with Gasteiger partial charge in [0.25, 0.3) is 5.82 Å². The number of aromatic nitrogens is 3. The average Bonchev–Trinajstić information content (AvgIpc) is 2.28. The van der Waals surface area contributed by atoms with E-state index in [-0.39, 0.29) is 51.4 Å². The third-order valence-electron chi connectivity index (χ3n) is 1.01. The molecule has 0 unspecified atom stereocenters. The number of hydrogen-bond acceptors (Lipinski definition) is 2. The van der Waals surface area contributed by atoms with Crippen molar-refractivity contribution in [3.8, 4) is 0 Å². The Balaban J connectivity index is 0.00000169. The number of hydrogen-bond donors (Lipinski definition) is 1. The van der Waals surface area contributed by atoms with Crippen LogP contribution in [-0.4, -0.2) is 66.6 Å². The van der Waals surface area contributed by atoms with E-state index in [1.165, 1.54) is 0 Å². The third-order valence-corrected chi connectivity index (χ3v) is 1.01. The van der Waals surface area contributed by atoms with Crippen LogP contribution in [0.25, 0.3) is 0 Å². The molecule has 0 aliphatic carbocycles. The van der Waals surface area contributed by atoms with Crippen molar-refractivity contribution in [2.75, 3.05) is 0 Å². The van der Waals surface area contributed by atoms with Crippen LogP contribution in [0.5, 0.6) is 0 Å². The van der Waals surface area contributed by atoms with Crippen LogP contribution in [0.15, 0.2) is 0 Å². The second-order valence-corrected chi connectivity index (χ2v) is 2.00. The first-order valence-electron chi connectivity index (χ1n) is 2.78. The van der Waals surface area contributed by atoms with Gasteiger partial charge in [-0.2, -0.15) is 31.3 Å². The first-order chi connectivity index (χ1) is 5.71. The standard InChI is InChI=1S/C4HF6N3.K/c5-3(6,7)1-11-2(13-12-1)4(8,9)10;/h(H,11,12,13);. The molecule has 1 rings (SSSR count). The van der Waals surface area contributed by atoms with Crippen molar-refractivity contribution >= 4 is 51.4 Å². The number of aromatic amines is 1. The maximum absolute atomic E-state index is 11.7. The van der Waals surface area contributed by atoms with Crippen LogP contribution in [0.1, 0.15) is 11.6 Å². The van der Waals surface area contributed by atoms with Crippen molar-refractivity contribution in [1.82, 2.24) is 15.2 Å². The Morgan fingerprint density at radius 2 is 1.43 bits per heavy atom. The van der Waals surface area contributed by atoms with E-state index in [0.29, 0.717) is 0 Å². The Morgan fingerprint density at radius 3 is 1.64 bits per heavy atom. The van der Waals surface area contributed by atoms with Crippen LogP contribution in [-0.2, 0) is 12.4 Å². The summed E-state index contributed by atoms with van der Waals surface area (Å²) in [6, 6.07) is 0. The molecule has 14 heavy (non-hydrogen) atoms. The molecule has 0 fully saturated rings. The predicted molar refractivity (Wildman–Crippen MR) is 32.1 cm³/mol. The summed E-state index contributed by atoms with van der Waals surface area (Å²) in [5.74, 6) is -3.60. The molecule has 0 aliphatic rings. The van der Waals surface area contributed by atoms with Gasteiger partial charge in [0.1, 0.15) is 0 Å². The zero-order valence-corrected chi connectivity index (χ0v) is 9.79. The van der Waals surface area contributed by atoms with Gasteiger partial charge in [0.2, 0.25) is 5.82 Å². The minimum Gasteiger partial charge on any atom is -0.255 e. The summed E-state index contributed by atoms with van der Waals surface area (Å²) >= 11 is 0. The molecule has 1 heterocycles. The smallest absolute Gasteiger partial charge is 0.255 e. The second-order valence-electron chi connectivity index (χ2n) is 2.00. The molecule has 0 bridgehead atoms. The molecule has 0 saturated heterocycles. The normalized spacial score (nSPS) is 12.4. The summed E-state index contributed by atoms with van der Waals surface area (Å²) in [5, 5.41) is 3.52. The Morgan fingerprint density at radius 1 is 0.929 bits per heavy atom. The van der Waals surface area contributed by atoms with E-state index in [9.17, 15) is 26.3 Å². The Hall–Kier alpha value is 0.356. The zero-order chi connectivity index (χ0) is 10.3. The molecule has 3 nitrogen and oxygen atoms in total. The minimum atomic E-state index is -4.97. The van der Waals surface area contributed by atoms with Gasteiger partial charge < -0.3 is 0 Å². The summed E-state index contributed by atoms with van der Waals surface area (Å²) in [6.45, 7) is 0. The topological polar surface area (TPSA) is 41.6 Å². The number of rotatable bonds is 0. The summed E-state index contributed by atoms with van der Waals surface area (Å²) < 4.78 is 70.1. The van der Waals surface area contributed by atoms with Gasteiger partial charge in [-0.25, -0.2) is 0 Å². The number of H-pyrrole nitrogens is 1. The van der Waals surface area contributed by atoms with E-state index in [4.69, 9.17) is 0 Å². The van der Waals surface area contributed by atoms with Gasteiger partial charge in [0.05, 0.1) is 0 Å². The molecule has 10 heteroatoms. The summed E-state index contributed by atoms with van der Waals surface area (Å²) in [6.07, 6.45) is -9.92. The Bertz CT molecular complexity index is 272. The number of halogens is 6. The van der Waals surface area contributed by atoms with E-state index in [2.05, 4.69) is 10.1 Å². The predicted octanol–water partition coefficient (Wildman–Crippen LogP) is 1.46. The van der Waals surface area contributed by atoms with E-state index < -0.39 is 24.0 Å². The number of nitrogens with zero attached hydrogens (tertiary/aromatic N) is 2. The molecule has 0 amide bonds. The van der Waals surface area contributed by atoms with Gasteiger partial charge in [-0.15, -0.1) is 5.10 Å². The molecular formula is C4HF6KN3. The Kier molecular flexibility index (Phi) is 4.58. The van der Waals surface area contributed by atoms with Gasteiger partial charge in [-0.3, -0.25) is 5.10 Å². The monoisotopic (exact) mass is 244 g/mol. The maximum Gasteiger partial charge on any atom is 0.453 e. The largest absolute Gasteiger partial charge is 0.453 e. The van der Waals surface area contributed by atoms with Crippen molar-refractivity contribution in [2.24, 2.45) is 0 Å². The molecule has 0 atom stereocenters. The molecule has 0 spiro atoms. The molecule has 1 radical (unpaired) electrons. The summed E-state index contributed by atoms with van der Waals surface area (Å²) in [4.78, 5) is 2.24. The average molecular weight is 244 g/mol. The van der Waals surface area contributed by atoms with Crippen molar-refractivity contribution < 1.29 is 26.3 Å². The van der Waals surface area contributed by atoms with Crippen LogP contribution >= 0.6 is 0 Å². The minimum absolute atomic E-state index is 0. The number of alkyl halides is 6. The molecule has 0 aliphatic heterocycles. The van der Waals surface area contributed by atoms with Gasteiger partial charge in [-0.1, -0.05) is 0 Å². The van der Waals surface area contributed by atoms with Crippen LogP contribution < -0.4 is 0 Å². The molecule has 75 valence electrons. The molecule has 0 aromatic carbocycles. The molecule has 1 N–H and O–H groups in total. The van der Waals surface area contributed by atoms with E-state index in [0.717, 1.165) is 5.10 Å². The maximum atomic E-state index is 11.7. The third kappa shape index (κ3) is 3.49. The van der Waals surface area contributed by atoms with Crippen LogP contribution in [0.2, 0.25) is 0 Å². The van der Waals surface area contributed by atoms with Crippen molar-refractivity contribution in [2.45, 2.75) is 12.4 Å². The van der Waals surface area contributed by atoms with E-state index in [1.54, 1.807) is 0 Å². The number of nitrogens with one attached hydrogen (secondary N) is 1. The van der Waals surface area contributed by atoms with Crippen molar-refractivity contribution in [1.29, 1.82) is 0 Å². The molecule has 0 saturated carbocycles. The van der Waals surface area contributed by atoms with E-state index >= 15 is 0 Å². The van der Waals surface area contributed by atoms with Crippen molar-refractivity contribution in [3.05, 3.63) is 11.6 Å².